The van der Waals surface area contributed by atoms with Crippen LogP contribution < -0.4 is 10.2 Å². The van der Waals surface area contributed by atoms with Gasteiger partial charge in [0.15, 0.2) is 0 Å². The second kappa shape index (κ2) is 7.37. The van der Waals surface area contributed by atoms with Crippen LogP contribution in [0.15, 0.2) is 65.9 Å². The van der Waals surface area contributed by atoms with E-state index in [0.717, 1.165) is 22.1 Å². The van der Waals surface area contributed by atoms with Crippen molar-refractivity contribution in [1.82, 2.24) is 10.4 Å². The van der Waals surface area contributed by atoms with Gasteiger partial charge in [0.1, 0.15) is 11.4 Å². The summed E-state index contributed by atoms with van der Waals surface area (Å²) in [6, 6.07) is 17.0. The van der Waals surface area contributed by atoms with Crippen molar-refractivity contribution in [2.24, 2.45) is 5.10 Å². The summed E-state index contributed by atoms with van der Waals surface area (Å²) in [7, 11) is 0. The maximum atomic E-state index is 12.0. The highest BCUT2D eigenvalue weighted by Crippen LogP contribution is 2.26. The number of amides is 1. The van der Waals surface area contributed by atoms with Gasteiger partial charge in [0, 0.05) is 11.8 Å². The van der Waals surface area contributed by atoms with E-state index in [0.29, 0.717) is 12.3 Å². The van der Waals surface area contributed by atoms with E-state index in [1.165, 1.54) is 0 Å². The van der Waals surface area contributed by atoms with Crippen LogP contribution in [0.3, 0.4) is 0 Å². The highest BCUT2D eigenvalue weighted by atomic mass is 16.5. The quantitative estimate of drug-likeness (QED) is 0.579. The molecule has 24 heavy (non-hydrogen) atoms. The van der Waals surface area contributed by atoms with E-state index < -0.39 is 0 Å². The summed E-state index contributed by atoms with van der Waals surface area (Å²) in [5.74, 6) is 0.372. The summed E-state index contributed by atoms with van der Waals surface area (Å²) in [5, 5.41) is 6.16. The van der Waals surface area contributed by atoms with Gasteiger partial charge in [-0.3, -0.25) is 9.78 Å². The molecule has 0 aliphatic carbocycles. The molecule has 120 valence electrons. The zero-order valence-corrected chi connectivity index (χ0v) is 13.3. The molecular formula is C19H17N3O2. The summed E-state index contributed by atoms with van der Waals surface area (Å²) in [6.07, 6.45) is 3.17. The second-order valence-electron chi connectivity index (χ2n) is 5.05. The van der Waals surface area contributed by atoms with Crippen molar-refractivity contribution in [2.75, 3.05) is 6.61 Å². The normalized spacial score (nSPS) is 10.9. The first-order valence-electron chi connectivity index (χ1n) is 7.68. The van der Waals surface area contributed by atoms with Gasteiger partial charge in [-0.25, -0.2) is 5.43 Å². The molecule has 5 heteroatoms. The highest BCUT2D eigenvalue weighted by molar-refractivity contribution is 6.03. The maximum absolute atomic E-state index is 12.0. The van der Waals surface area contributed by atoms with Gasteiger partial charge in [-0.2, -0.15) is 5.10 Å². The van der Waals surface area contributed by atoms with Gasteiger partial charge in [-0.05, 0) is 35.9 Å². The first-order chi connectivity index (χ1) is 11.8. The monoisotopic (exact) mass is 319 g/mol. The maximum Gasteiger partial charge on any atom is 0.289 e. The van der Waals surface area contributed by atoms with E-state index in [9.17, 15) is 4.79 Å². The molecule has 0 aliphatic rings. The van der Waals surface area contributed by atoms with Crippen LogP contribution in [0.5, 0.6) is 5.75 Å². The van der Waals surface area contributed by atoms with Gasteiger partial charge in [-0.1, -0.05) is 36.4 Å². The zero-order chi connectivity index (χ0) is 16.8. The van der Waals surface area contributed by atoms with Crippen LogP contribution >= 0.6 is 0 Å². The Kier molecular flexibility index (Phi) is 4.81. The fraction of sp³-hybridized carbons (Fsp3) is 0.105. The molecule has 0 saturated heterocycles. The number of hydrogen-bond donors (Lipinski definition) is 1. The second-order valence-corrected chi connectivity index (χ2v) is 5.05. The molecule has 0 radical (unpaired) electrons. The summed E-state index contributed by atoms with van der Waals surface area (Å²) >= 11 is 0. The van der Waals surface area contributed by atoms with Crippen LogP contribution in [0.2, 0.25) is 0 Å². The number of benzene rings is 2. The summed E-state index contributed by atoms with van der Waals surface area (Å²) in [4.78, 5) is 16.0. The lowest BCUT2D eigenvalue weighted by molar-refractivity contribution is 0.0950. The van der Waals surface area contributed by atoms with Gasteiger partial charge in [0.05, 0.1) is 12.8 Å². The predicted molar refractivity (Wildman–Crippen MR) is 94.4 cm³/mol. The third-order valence-electron chi connectivity index (χ3n) is 3.49. The van der Waals surface area contributed by atoms with Crippen molar-refractivity contribution < 1.29 is 9.53 Å². The van der Waals surface area contributed by atoms with Crippen molar-refractivity contribution in [2.45, 2.75) is 6.92 Å². The van der Waals surface area contributed by atoms with Crippen LogP contribution in [-0.4, -0.2) is 23.7 Å². The minimum absolute atomic E-state index is 0.317. The molecule has 1 N–H and O–H groups in total. The molecule has 2 aromatic carbocycles. The van der Waals surface area contributed by atoms with E-state index in [1.54, 1.807) is 30.6 Å². The standard InChI is InChI=1S/C19H17N3O2/c1-2-24-18-11-10-14-7-3-4-8-15(14)16(18)13-21-22-19(23)17-9-5-6-12-20-17/h3-13H,2H2,1H3,(H,22,23)/b21-13+. The summed E-state index contributed by atoms with van der Waals surface area (Å²) in [5.41, 5.74) is 3.64. The average molecular weight is 319 g/mol. The molecule has 1 heterocycles. The molecule has 1 aromatic heterocycles. The molecule has 0 aliphatic heterocycles. The zero-order valence-electron chi connectivity index (χ0n) is 13.3. The molecule has 0 bridgehead atoms. The number of aromatic nitrogens is 1. The number of hydrogen-bond acceptors (Lipinski definition) is 4. The van der Waals surface area contributed by atoms with Gasteiger partial charge in [0.2, 0.25) is 0 Å². The first-order valence-corrected chi connectivity index (χ1v) is 7.68. The third-order valence-corrected chi connectivity index (χ3v) is 3.49. The van der Waals surface area contributed by atoms with Crippen LogP contribution in [-0.2, 0) is 0 Å². The SMILES string of the molecule is CCOc1ccc2ccccc2c1/C=N/NC(=O)c1ccccn1. The van der Waals surface area contributed by atoms with Gasteiger partial charge < -0.3 is 4.74 Å². The van der Waals surface area contributed by atoms with E-state index in [4.69, 9.17) is 4.74 Å². The molecule has 0 spiro atoms. The van der Waals surface area contributed by atoms with Crippen LogP contribution in [0.4, 0.5) is 0 Å². The van der Waals surface area contributed by atoms with Crippen molar-refractivity contribution >= 4 is 22.9 Å². The lowest BCUT2D eigenvalue weighted by Gasteiger charge is -2.10. The summed E-state index contributed by atoms with van der Waals surface area (Å²) < 4.78 is 5.67. The van der Waals surface area contributed by atoms with Crippen molar-refractivity contribution in [3.8, 4) is 5.75 Å². The van der Waals surface area contributed by atoms with Gasteiger partial charge in [0.25, 0.3) is 5.91 Å². The Hall–Kier alpha value is -3.21. The minimum atomic E-state index is -0.356. The fourth-order valence-corrected chi connectivity index (χ4v) is 2.40. The third kappa shape index (κ3) is 3.41. The van der Waals surface area contributed by atoms with E-state index in [-0.39, 0.29) is 5.91 Å². The Labute approximate surface area is 140 Å². The van der Waals surface area contributed by atoms with Crippen LogP contribution in [0.1, 0.15) is 23.0 Å². The van der Waals surface area contributed by atoms with Gasteiger partial charge >= 0.3 is 0 Å². The number of fused-ring (bicyclic) bond motifs is 1. The number of ether oxygens (including phenoxy) is 1. The largest absolute Gasteiger partial charge is 0.493 e. The first kappa shape index (κ1) is 15.7. The number of rotatable bonds is 5. The number of nitrogens with one attached hydrogen (secondary N) is 1. The van der Waals surface area contributed by atoms with Gasteiger partial charge in [-0.15, -0.1) is 0 Å². The number of hydrazone groups is 1. The molecule has 5 nitrogen and oxygen atoms in total. The topological polar surface area (TPSA) is 63.6 Å². The van der Waals surface area contributed by atoms with Crippen LogP contribution in [0, 0.1) is 0 Å². The predicted octanol–water partition coefficient (Wildman–Crippen LogP) is 3.40. The number of pyridine rings is 1. The lowest BCUT2D eigenvalue weighted by Crippen LogP contribution is -2.18. The van der Waals surface area contributed by atoms with E-state index >= 15 is 0 Å². The average Bonchev–Trinajstić information content (AvgIpc) is 2.64. The Morgan fingerprint density at radius 3 is 2.79 bits per heavy atom. The van der Waals surface area contributed by atoms with Crippen molar-refractivity contribution in [3.05, 3.63) is 72.1 Å². The van der Waals surface area contributed by atoms with Crippen molar-refractivity contribution in [3.63, 3.8) is 0 Å². The molecule has 3 rings (SSSR count). The lowest BCUT2D eigenvalue weighted by atomic mass is 10.0. The molecular weight excluding hydrogens is 302 g/mol. The molecule has 0 fully saturated rings. The Bertz CT molecular complexity index is 876. The molecule has 3 aromatic rings. The van der Waals surface area contributed by atoms with Crippen LogP contribution in [0.25, 0.3) is 10.8 Å². The fourth-order valence-electron chi connectivity index (χ4n) is 2.40. The molecule has 0 unspecified atom stereocenters. The number of carbonyl (C=O) groups excluding carboxylic acids is 1. The Morgan fingerprint density at radius 2 is 2.00 bits per heavy atom. The van der Waals surface area contributed by atoms with Crippen molar-refractivity contribution in [1.29, 1.82) is 0 Å². The number of carbonyl (C=O) groups is 1. The summed E-state index contributed by atoms with van der Waals surface area (Å²) in [6.45, 7) is 2.48. The molecule has 0 atom stereocenters. The van der Waals surface area contributed by atoms with E-state index in [2.05, 4.69) is 15.5 Å². The Balaban J connectivity index is 1.88. The minimum Gasteiger partial charge on any atom is -0.493 e. The van der Waals surface area contributed by atoms with E-state index in [1.807, 2.05) is 43.3 Å². The number of nitrogens with zero attached hydrogens (tertiary/aromatic N) is 2. The Morgan fingerprint density at radius 1 is 1.17 bits per heavy atom. The smallest absolute Gasteiger partial charge is 0.289 e. The molecule has 1 amide bonds. The molecule has 0 saturated carbocycles. The highest BCUT2D eigenvalue weighted by Gasteiger charge is 2.08.